The van der Waals surface area contributed by atoms with Gasteiger partial charge in [-0.25, -0.2) is 0 Å². The van der Waals surface area contributed by atoms with Gasteiger partial charge in [-0.1, -0.05) is 0 Å². The Morgan fingerprint density at radius 1 is 1.25 bits per heavy atom. The first-order chi connectivity index (χ1) is 4.27. The molecule has 5 nitrogen and oxygen atoms in total. The molecule has 0 unspecified atom stereocenters. The van der Waals surface area contributed by atoms with Gasteiger partial charge in [0.25, 0.3) is 0 Å². The summed E-state index contributed by atoms with van der Waals surface area (Å²) in [6, 6.07) is 2.03. The summed E-state index contributed by atoms with van der Waals surface area (Å²) in [4.78, 5) is 0. The Bertz CT molecular complexity index is 200. The molecule has 0 saturated heterocycles. The molecule has 0 aliphatic carbocycles. The molecule has 0 aromatic rings. The average molecular weight is 243 g/mol. The summed E-state index contributed by atoms with van der Waals surface area (Å²) in [5.41, 5.74) is 0. The minimum Gasteiger partial charge on any atom is -0.759 e. The Hall–Kier alpha value is 2.63. The van der Waals surface area contributed by atoms with Crippen LogP contribution in [-0.4, -0.2) is 17.5 Å². The maximum atomic E-state index is 8.52. The summed E-state index contributed by atoms with van der Waals surface area (Å²) in [7, 11) is -5.17. The maximum absolute atomic E-state index is 8.52. The van der Waals surface area contributed by atoms with Crippen molar-refractivity contribution in [2.45, 2.75) is 13.8 Å². The molecule has 60 valence electrons. The van der Waals surface area contributed by atoms with Crippen molar-refractivity contribution in [2.75, 3.05) is 0 Å². The molecule has 0 aliphatic heterocycles. The number of hydrogen-bond acceptors (Lipinski definition) is 5. The van der Waals surface area contributed by atoms with E-state index in [-0.39, 0.29) is 109 Å². The van der Waals surface area contributed by atoms with Crippen molar-refractivity contribution >= 4 is 10.4 Å². The normalized spacial score (nSPS) is 8.00. The molecule has 0 fully saturated rings. The SMILES string of the molecule is CC(C)C#N.O=S(=O)([O-])[O-].[K+].[K+]. The molecule has 0 aliphatic rings. The van der Waals surface area contributed by atoms with Crippen molar-refractivity contribution in [3.8, 4) is 6.07 Å². The van der Waals surface area contributed by atoms with Crippen molar-refractivity contribution in [1.82, 2.24) is 0 Å². The Balaban J connectivity index is -0.0000000457. The van der Waals surface area contributed by atoms with E-state index in [1.165, 1.54) is 0 Å². The van der Waals surface area contributed by atoms with Gasteiger partial charge in [0.1, 0.15) is 0 Å². The van der Waals surface area contributed by atoms with E-state index < -0.39 is 10.4 Å². The molecule has 0 amide bonds. The molecule has 0 spiro atoms. The molecule has 0 radical (unpaired) electrons. The topological polar surface area (TPSA) is 104 Å². The second-order valence-electron chi connectivity index (χ2n) is 1.69. The Morgan fingerprint density at radius 3 is 1.33 bits per heavy atom. The van der Waals surface area contributed by atoms with E-state index in [0.717, 1.165) is 0 Å². The predicted octanol–water partition coefficient (Wildman–Crippen LogP) is -6.16. The van der Waals surface area contributed by atoms with Gasteiger partial charge >= 0.3 is 103 Å². The molecule has 0 atom stereocenters. The van der Waals surface area contributed by atoms with Gasteiger partial charge in [-0.05, 0) is 13.8 Å². The first-order valence-corrected chi connectivity index (χ1v) is 3.67. The van der Waals surface area contributed by atoms with Gasteiger partial charge in [-0.2, -0.15) is 5.26 Å². The number of hydrogen-bond donors (Lipinski definition) is 0. The number of rotatable bonds is 0. The van der Waals surface area contributed by atoms with Crippen LogP contribution in [0.15, 0.2) is 0 Å². The van der Waals surface area contributed by atoms with Crippen LogP contribution < -0.4 is 103 Å². The summed E-state index contributed by atoms with van der Waals surface area (Å²) in [5, 5.41) is 7.89. The monoisotopic (exact) mass is 243 g/mol. The van der Waals surface area contributed by atoms with Crippen molar-refractivity contribution in [1.29, 1.82) is 5.26 Å². The van der Waals surface area contributed by atoms with E-state index in [0.29, 0.717) is 0 Å². The zero-order valence-corrected chi connectivity index (χ0v) is 14.6. The molecular weight excluding hydrogens is 236 g/mol. The largest absolute Gasteiger partial charge is 1.00 e. The van der Waals surface area contributed by atoms with Crippen LogP contribution in [0.4, 0.5) is 0 Å². The van der Waals surface area contributed by atoms with Gasteiger partial charge in [-0.15, -0.1) is 0 Å². The quantitative estimate of drug-likeness (QED) is 0.239. The zero-order valence-electron chi connectivity index (χ0n) is 7.57. The third kappa shape index (κ3) is 79.7. The first kappa shape index (κ1) is 24.1. The van der Waals surface area contributed by atoms with Gasteiger partial charge in [0.15, 0.2) is 0 Å². The molecule has 0 saturated carbocycles. The standard InChI is InChI=1S/C4H7N.2K.H2O4S/c1-4(2)3-5;;;1-5(2,3)4/h4H,1-2H3;;;(H2,1,2,3,4)/q;2*+1;/p-2. The summed E-state index contributed by atoms with van der Waals surface area (Å²) >= 11 is 0. The van der Waals surface area contributed by atoms with Crippen LogP contribution in [-0.2, 0) is 10.4 Å². The Kier molecular flexibility index (Phi) is 27.3. The van der Waals surface area contributed by atoms with E-state index in [1.54, 1.807) is 0 Å². The van der Waals surface area contributed by atoms with E-state index in [9.17, 15) is 0 Å². The van der Waals surface area contributed by atoms with E-state index >= 15 is 0 Å². The minimum atomic E-state index is -5.17. The maximum Gasteiger partial charge on any atom is 1.00 e. The van der Waals surface area contributed by atoms with Crippen molar-refractivity contribution in [3.05, 3.63) is 0 Å². The van der Waals surface area contributed by atoms with Gasteiger partial charge in [-0.3, -0.25) is 8.42 Å². The molecule has 0 N–H and O–H groups in total. The average Bonchev–Trinajstić information content (AvgIpc) is 1.61. The Labute approximate surface area is 158 Å². The summed E-state index contributed by atoms with van der Waals surface area (Å²) in [5.74, 6) is 0.190. The molecule has 8 heteroatoms. The van der Waals surface area contributed by atoms with Crippen LogP contribution in [0.1, 0.15) is 13.8 Å². The molecule has 0 heterocycles. The second kappa shape index (κ2) is 13.6. The fourth-order valence-electron chi connectivity index (χ4n) is 0. The van der Waals surface area contributed by atoms with Crippen LogP contribution in [0.25, 0.3) is 0 Å². The Morgan fingerprint density at radius 2 is 1.33 bits per heavy atom. The zero-order chi connectivity index (χ0) is 8.78. The van der Waals surface area contributed by atoms with Crippen molar-refractivity contribution in [3.63, 3.8) is 0 Å². The molecule has 0 bridgehead atoms. The third-order valence-electron chi connectivity index (χ3n) is 0.258. The van der Waals surface area contributed by atoms with Crippen LogP contribution >= 0.6 is 0 Å². The molecule has 0 rings (SSSR count). The number of nitriles is 1. The third-order valence-corrected chi connectivity index (χ3v) is 0.258. The number of nitrogens with zero attached hydrogens (tertiary/aromatic N) is 1. The molecular formula is C4H7K2NO4S. The molecule has 12 heavy (non-hydrogen) atoms. The fraction of sp³-hybridized carbons (Fsp3) is 0.750. The van der Waals surface area contributed by atoms with Gasteiger partial charge in [0, 0.05) is 16.3 Å². The molecule has 0 aromatic carbocycles. The summed E-state index contributed by atoms with van der Waals surface area (Å²) in [6.45, 7) is 3.72. The summed E-state index contributed by atoms with van der Waals surface area (Å²) < 4.78 is 34.1. The van der Waals surface area contributed by atoms with Gasteiger partial charge in [0.2, 0.25) is 0 Å². The molecule has 0 aromatic heterocycles. The fourth-order valence-corrected chi connectivity index (χ4v) is 0. The van der Waals surface area contributed by atoms with Gasteiger partial charge in [0.05, 0.1) is 6.07 Å². The smallest absolute Gasteiger partial charge is 0.759 e. The van der Waals surface area contributed by atoms with Crippen molar-refractivity contribution < 1.29 is 120 Å². The minimum absolute atomic E-state index is 0. The summed E-state index contributed by atoms with van der Waals surface area (Å²) in [6.07, 6.45) is 0. The van der Waals surface area contributed by atoms with E-state index in [1.807, 2.05) is 19.9 Å². The van der Waals surface area contributed by atoms with E-state index in [4.69, 9.17) is 22.8 Å². The van der Waals surface area contributed by atoms with Gasteiger partial charge < -0.3 is 9.11 Å². The van der Waals surface area contributed by atoms with Crippen LogP contribution in [0, 0.1) is 17.2 Å². The second-order valence-corrected chi connectivity index (χ2v) is 2.51. The van der Waals surface area contributed by atoms with E-state index in [2.05, 4.69) is 0 Å². The van der Waals surface area contributed by atoms with Crippen LogP contribution in [0.5, 0.6) is 0 Å². The first-order valence-electron chi connectivity index (χ1n) is 2.33. The predicted molar refractivity (Wildman–Crippen MR) is 30.9 cm³/mol. The van der Waals surface area contributed by atoms with Crippen molar-refractivity contribution in [2.24, 2.45) is 5.92 Å². The van der Waals surface area contributed by atoms with Crippen LogP contribution in [0.3, 0.4) is 0 Å². The van der Waals surface area contributed by atoms with Crippen LogP contribution in [0.2, 0.25) is 0 Å².